The van der Waals surface area contributed by atoms with E-state index in [1.54, 1.807) is 33.2 Å². The molecule has 1 aliphatic rings. The Bertz CT molecular complexity index is 894. The van der Waals surface area contributed by atoms with Gasteiger partial charge >= 0.3 is 0 Å². The Morgan fingerprint density at radius 3 is 3.04 bits per heavy atom. The van der Waals surface area contributed by atoms with Gasteiger partial charge in [-0.25, -0.2) is 0 Å². The summed E-state index contributed by atoms with van der Waals surface area (Å²) in [4.78, 5) is 16.7. The molecule has 0 bridgehead atoms. The van der Waals surface area contributed by atoms with Crippen LogP contribution >= 0.6 is 11.3 Å². The fraction of sp³-hybridized carbons (Fsp3) is 0.312. The van der Waals surface area contributed by atoms with Gasteiger partial charge in [0.15, 0.2) is 5.69 Å². The Morgan fingerprint density at radius 2 is 2.29 bits per heavy atom. The third-order valence-corrected chi connectivity index (χ3v) is 5.17. The number of aromatic amines is 1. The number of hydrogen-bond acceptors (Lipinski definition) is 5. The lowest BCUT2D eigenvalue weighted by Gasteiger charge is -2.14. The van der Waals surface area contributed by atoms with Crippen molar-refractivity contribution in [2.45, 2.75) is 26.6 Å². The van der Waals surface area contributed by atoms with E-state index in [1.165, 1.54) is 4.88 Å². The summed E-state index contributed by atoms with van der Waals surface area (Å²) in [6, 6.07) is 5.87. The van der Waals surface area contributed by atoms with Crippen LogP contribution in [0.25, 0.3) is 10.6 Å². The van der Waals surface area contributed by atoms with Gasteiger partial charge in [0.05, 0.1) is 42.2 Å². The molecule has 1 amide bonds. The predicted molar refractivity (Wildman–Crippen MR) is 89.5 cm³/mol. The molecular formula is C16H17N5O2S. The minimum absolute atomic E-state index is 0.0328. The number of amides is 1. The highest BCUT2D eigenvalue weighted by atomic mass is 32.1. The second-order valence-electron chi connectivity index (χ2n) is 5.80. The first-order valence-corrected chi connectivity index (χ1v) is 8.53. The van der Waals surface area contributed by atoms with Crippen molar-refractivity contribution in [1.82, 2.24) is 24.9 Å². The maximum Gasteiger partial charge on any atom is 0.275 e. The third-order valence-electron chi connectivity index (χ3n) is 4.14. The third kappa shape index (κ3) is 2.53. The highest BCUT2D eigenvalue weighted by Crippen LogP contribution is 2.28. The van der Waals surface area contributed by atoms with Crippen LogP contribution in [0.1, 0.15) is 26.6 Å². The first-order valence-electron chi connectivity index (χ1n) is 7.71. The lowest BCUT2D eigenvalue weighted by atomic mass is 10.3. The molecule has 3 aromatic heterocycles. The van der Waals surface area contributed by atoms with E-state index >= 15 is 0 Å². The average molecular weight is 343 g/mol. The van der Waals surface area contributed by atoms with Crippen LogP contribution in [0.5, 0.6) is 0 Å². The summed E-state index contributed by atoms with van der Waals surface area (Å²) in [5.74, 6) is -0.0995. The second-order valence-corrected chi connectivity index (χ2v) is 7.09. The maximum atomic E-state index is 12.7. The molecule has 4 heterocycles. The van der Waals surface area contributed by atoms with Crippen molar-refractivity contribution < 1.29 is 9.90 Å². The van der Waals surface area contributed by atoms with Gasteiger partial charge in [0.1, 0.15) is 0 Å². The van der Waals surface area contributed by atoms with Gasteiger partial charge < -0.3 is 10.0 Å². The molecule has 0 aliphatic carbocycles. The Labute approximate surface area is 142 Å². The number of fused-ring (bicyclic) bond motifs is 1. The number of aryl methyl sites for hydroxylation is 1. The molecule has 8 heteroatoms. The molecule has 0 aromatic carbocycles. The monoisotopic (exact) mass is 343 g/mol. The van der Waals surface area contributed by atoms with Crippen molar-refractivity contribution in [2.24, 2.45) is 0 Å². The zero-order valence-corrected chi connectivity index (χ0v) is 14.0. The number of H-pyrrole nitrogens is 1. The summed E-state index contributed by atoms with van der Waals surface area (Å²) in [6.45, 7) is 3.55. The molecule has 4 rings (SSSR count). The average Bonchev–Trinajstić information content (AvgIpc) is 3.30. The zero-order chi connectivity index (χ0) is 16.7. The van der Waals surface area contributed by atoms with Crippen LogP contribution in [-0.4, -0.2) is 42.5 Å². The molecule has 7 nitrogen and oxygen atoms in total. The van der Waals surface area contributed by atoms with Crippen LogP contribution in [0.4, 0.5) is 0 Å². The van der Waals surface area contributed by atoms with Crippen molar-refractivity contribution in [2.75, 3.05) is 6.61 Å². The first kappa shape index (κ1) is 15.1. The van der Waals surface area contributed by atoms with E-state index in [1.807, 2.05) is 19.1 Å². The van der Waals surface area contributed by atoms with Crippen LogP contribution in [0.3, 0.4) is 0 Å². The SMILES string of the molecule is Cc1ccc(-c2cc(C(=O)N3Cc4cnn(CCO)c4C3)n[nH]2)s1. The van der Waals surface area contributed by atoms with Gasteiger partial charge in [-0.1, -0.05) is 0 Å². The molecule has 0 unspecified atom stereocenters. The maximum absolute atomic E-state index is 12.7. The van der Waals surface area contributed by atoms with Gasteiger partial charge in [0.2, 0.25) is 0 Å². The smallest absolute Gasteiger partial charge is 0.275 e. The van der Waals surface area contributed by atoms with E-state index in [9.17, 15) is 4.79 Å². The van der Waals surface area contributed by atoms with Gasteiger partial charge in [-0.15, -0.1) is 11.3 Å². The Morgan fingerprint density at radius 1 is 1.42 bits per heavy atom. The summed E-state index contributed by atoms with van der Waals surface area (Å²) >= 11 is 1.67. The number of carbonyl (C=O) groups excluding carboxylic acids is 1. The quantitative estimate of drug-likeness (QED) is 0.756. The van der Waals surface area contributed by atoms with Crippen molar-refractivity contribution in [3.05, 3.63) is 46.2 Å². The number of aliphatic hydroxyl groups excluding tert-OH is 1. The largest absolute Gasteiger partial charge is 0.394 e. The number of carbonyl (C=O) groups is 1. The molecule has 124 valence electrons. The fourth-order valence-electron chi connectivity index (χ4n) is 2.94. The van der Waals surface area contributed by atoms with Gasteiger partial charge in [0.25, 0.3) is 5.91 Å². The Kier molecular flexibility index (Phi) is 3.70. The molecule has 0 radical (unpaired) electrons. The van der Waals surface area contributed by atoms with Crippen molar-refractivity contribution in [3.63, 3.8) is 0 Å². The summed E-state index contributed by atoms with van der Waals surface area (Å²) in [6.07, 6.45) is 1.77. The minimum Gasteiger partial charge on any atom is -0.394 e. The van der Waals surface area contributed by atoms with Crippen LogP contribution in [-0.2, 0) is 19.6 Å². The molecule has 0 spiro atoms. The lowest BCUT2D eigenvalue weighted by Crippen LogP contribution is -2.26. The van der Waals surface area contributed by atoms with Crippen molar-refractivity contribution in [3.8, 4) is 10.6 Å². The van der Waals surface area contributed by atoms with Gasteiger partial charge in [0, 0.05) is 17.0 Å². The van der Waals surface area contributed by atoms with Crippen molar-refractivity contribution in [1.29, 1.82) is 0 Å². The number of aromatic nitrogens is 4. The Balaban J connectivity index is 1.52. The zero-order valence-electron chi connectivity index (χ0n) is 13.2. The van der Waals surface area contributed by atoms with E-state index in [4.69, 9.17) is 5.11 Å². The number of nitrogens with one attached hydrogen (secondary N) is 1. The molecule has 24 heavy (non-hydrogen) atoms. The topological polar surface area (TPSA) is 87.0 Å². The van der Waals surface area contributed by atoms with Crippen LogP contribution < -0.4 is 0 Å². The number of aliphatic hydroxyl groups is 1. The summed E-state index contributed by atoms with van der Waals surface area (Å²) in [7, 11) is 0. The summed E-state index contributed by atoms with van der Waals surface area (Å²) < 4.78 is 1.76. The van der Waals surface area contributed by atoms with E-state index in [2.05, 4.69) is 15.3 Å². The van der Waals surface area contributed by atoms with Crippen LogP contribution in [0, 0.1) is 6.92 Å². The number of rotatable bonds is 4. The predicted octanol–water partition coefficient (Wildman–Crippen LogP) is 1.79. The molecule has 0 saturated carbocycles. The van der Waals surface area contributed by atoms with Crippen LogP contribution in [0.2, 0.25) is 0 Å². The second kappa shape index (κ2) is 5.88. The molecule has 3 aromatic rings. The standard InChI is InChI=1S/C16H17N5O2S/c1-10-2-3-15(24-10)12-6-13(19-18-12)16(23)20-8-11-7-17-21(4-5-22)14(11)9-20/h2-3,6-7,22H,4-5,8-9H2,1H3,(H,18,19). The van der Waals surface area contributed by atoms with Crippen LogP contribution in [0.15, 0.2) is 24.4 Å². The van der Waals surface area contributed by atoms with Gasteiger partial charge in [-0.05, 0) is 25.1 Å². The number of nitrogens with zero attached hydrogens (tertiary/aromatic N) is 4. The molecule has 1 aliphatic heterocycles. The first-order chi connectivity index (χ1) is 11.7. The molecular weight excluding hydrogens is 326 g/mol. The fourth-order valence-corrected chi connectivity index (χ4v) is 3.77. The molecule has 0 atom stereocenters. The van der Waals surface area contributed by atoms with E-state index in [0.29, 0.717) is 25.3 Å². The lowest BCUT2D eigenvalue weighted by molar-refractivity contribution is 0.0741. The number of hydrogen-bond donors (Lipinski definition) is 2. The number of thiophene rings is 1. The Hall–Kier alpha value is -2.45. The molecule has 2 N–H and O–H groups in total. The summed E-state index contributed by atoms with van der Waals surface area (Å²) in [5.41, 5.74) is 3.30. The van der Waals surface area contributed by atoms with E-state index in [-0.39, 0.29) is 12.5 Å². The van der Waals surface area contributed by atoms with Gasteiger partial charge in [-0.3, -0.25) is 14.6 Å². The highest BCUT2D eigenvalue weighted by molar-refractivity contribution is 7.15. The summed E-state index contributed by atoms with van der Waals surface area (Å²) in [5, 5.41) is 20.4. The molecule has 0 saturated heterocycles. The van der Waals surface area contributed by atoms with Gasteiger partial charge in [-0.2, -0.15) is 10.2 Å². The normalized spacial score (nSPS) is 13.5. The molecule has 0 fully saturated rings. The van der Waals surface area contributed by atoms with E-state index < -0.39 is 0 Å². The highest BCUT2D eigenvalue weighted by Gasteiger charge is 2.29. The minimum atomic E-state index is -0.0995. The van der Waals surface area contributed by atoms with E-state index in [0.717, 1.165) is 21.8 Å². The van der Waals surface area contributed by atoms with Crippen molar-refractivity contribution >= 4 is 17.2 Å².